The second kappa shape index (κ2) is 8.45. The summed E-state index contributed by atoms with van der Waals surface area (Å²) in [5.41, 5.74) is 2.10. The Morgan fingerprint density at radius 3 is 1.77 bits per heavy atom. The van der Waals surface area contributed by atoms with E-state index in [4.69, 9.17) is 16.3 Å². The molecule has 3 aromatic carbocycles. The van der Waals surface area contributed by atoms with E-state index in [0.717, 1.165) is 11.1 Å². The summed E-state index contributed by atoms with van der Waals surface area (Å²) < 4.78 is 5.34. The molecule has 0 unspecified atom stereocenters. The molecule has 0 N–H and O–H groups in total. The van der Waals surface area contributed by atoms with Crippen molar-refractivity contribution in [1.29, 1.82) is 0 Å². The summed E-state index contributed by atoms with van der Waals surface area (Å²) in [4.78, 5) is 25.0. The highest BCUT2D eigenvalue weighted by molar-refractivity contribution is 6.30. The van der Waals surface area contributed by atoms with E-state index in [9.17, 15) is 9.59 Å². The zero-order chi connectivity index (χ0) is 18.4. The Morgan fingerprint density at radius 2 is 1.27 bits per heavy atom. The smallest absolute Gasteiger partial charge is 0.318 e. The van der Waals surface area contributed by atoms with Crippen molar-refractivity contribution in [2.24, 2.45) is 0 Å². The van der Waals surface area contributed by atoms with E-state index in [1.165, 1.54) is 0 Å². The third kappa shape index (κ3) is 4.38. The Labute approximate surface area is 157 Å². The van der Waals surface area contributed by atoms with Crippen molar-refractivity contribution in [1.82, 2.24) is 0 Å². The van der Waals surface area contributed by atoms with Crippen LogP contribution in [0.2, 0.25) is 5.02 Å². The first-order valence-electron chi connectivity index (χ1n) is 8.20. The van der Waals surface area contributed by atoms with E-state index in [1.807, 2.05) is 60.7 Å². The van der Waals surface area contributed by atoms with Crippen molar-refractivity contribution in [3.63, 3.8) is 0 Å². The summed E-state index contributed by atoms with van der Waals surface area (Å²) in [6.45, 7) is -0.309. The highest BCUT2D eigenvalue weighted by Gasteiger charge is 2.24. The third-order valence-corrected chi connectivity index (χ3v) is 4.27. The second-order valence-corrected chi connectivity index (χ2v) is 6.23. The molecule has 3 rings (SSSR count). The van der Waals surface area contributed by atoms with Gasteiger partial charge in [0, 0.05) is 10.6 Å². The summed E-state index contributed by atoms with van der Waals surface area (Å²) in [6, 6.07) is 25.3. The normalized spacial score (nSPS) is 10.5. The van der Waals surface area contributed by atoms with Crippen LogP contribution in [0.3, 0.4) is 0 Å². The molecule has 0 aliphatic heterocycles. The minimum Gasteiger partial charge on any atom is -0.457 e. The number of halogens is 1. The molecule has 0 atom stereocenters. The quantitative estimate of drug-likeness (QED) is 0.461. The maximum atomic E-state index is 12.7. The van der Waals surface area contributed by atoms with Crippen LogP contribution in [0.4, 0.5) is 0 Å². The predicted molar refractivity (Wildman–Crippen MR) is 101 cm³/mol. The molecule has 0 spiro atoms. The Morgan fingerprint density at radius 1 is 0.769 bits per heavy atom. The Hall–Kier alpha value is -2.91. The van der Waals surface area contributed by atoms with Gasteiger partial charge in [-0.25, -0.2) is 0 Å². The first-order valence-corrected chi connectivity index (χ1v) is 8.58. The zero-order valence-electron chi connectivity index (χ0n) is 14.0. The Kier molecular flexibility index (Phi) is 5.82. The van der Waals surface area contributed by atoms with Gasteiger partial charge in [-0.2, -0.15) is 0 Å². The van der Waals surface area contributed by atoms with Crippen LogP contribution in [0.5, 0.6) is 0 Å². The van der Waals surface area contributed by atoms with Gasteiger partial charge in [-0.3, -0.25) is 9.59 Å². The predicted octanol–water partition coefficient (Wildman–Crippen LogP) is 4.90. The minimum absolute atomic E-state index is 0.269. The lowest BCUT2D eigenvalue weighted by atomic mass is 9.91. The number of hydrogen-bond acceptors (Lipinski definition) is 3. The molecule has 0 saturated carbocycles. The van der Waals surface area contributed by atoms with Crippen LogP contribution in [0.1, 0.15) is 27.4 Å². The zero-order valence-corrected chi connectivity index (χ0v) is 14.7. The molecule has 0 heterocycles. The fraction of sp³-hybridized carbons (Fsp3) is 0.0909. The molecular weight excluding hydrogens is 348 g/mol. The van der Waals surface area contributed by atoms with Gasteiger partial charge >= 0.3 is 5.97 Å². The molecule has 0 amide bonds. The van der Waals surface area contributed by atoms with Gasteiger partial charge in [0.05, 0.1) is 0 Å². The molecule has 0 radical (unpaired) electrons. The third-order valence-electron chi connectivity index (χ3n) is 4.01. The van der Waals surface area contributed by atoms with E-state index in [2.05, 4.69) is 0 Å². The van der Waals surface area contributed by atoms with Gasteiger partial charge in [-0.15, -0.1) is 0 Å². The average Bonchev–Trinajstić information content (AvgIpc) is 2.68. The van der Waals surface area contributed by atoms with Crippen LogP contribution in [-0.4, -0.2) is 18.4 Å². The van der Waals surface area contributed by atoms with E-state index in [-0.39, 0.29) is 12.4 Å². The maximum Gasteiger partial charge on any atom is 0.318 e. The number of rotatable bonds is 6. The summed E-state index contributed by atoms with van der Waals surface area (Å²) >= 11 is 5.82. The number of carbonyl (C=O) groups excluding carboxylic acids is 2. The molecule has 26 heavy (non-hydrogen) atoms. The lowest BCUT2D eigenvalue weighted by Gasteiger charge is -2.16. The van der Waals surface area contributed by atoms with Crippen LogP contribution in [-0.2, 0) is 9.53 Å². The summed E-state index contributed by atoms with van der Waals surface area (Å²) in [5, 5.41) is 0.548. The molecule has 0 bridgehead atoms. The van der Waals surface area contributed by atoms with E-state index in [0.29, 0.717) is 10.6 Å². The molecule has 0 aliphatic rings. The lowest BCUT2D eigenvalue weighted by Crippen LogP contribution is -2.21. The van der Waals surface area contributed by atoms with Gasteiger partial charge in [0.1, 0.15) is 5.92 Å². The minimum atomic E-state index is -0.574. The molecule has 3 aromatic rings. The van der Waals surface area contributed by atoms with Crippen molar-refractivity contribution in [3.8, 4) is 0 Å². The van der Waals surface area contributed by atoms with Gasteiger partial charge < -0.3 is 4.74 Å². The molecular formula is C22H17ClO3. The van der Waals surface area contributed by atoms with Gasteiger partial charge in [0.25, 0.3) is 0 Å². The molecule has 0 fully saturated rings. The van der Waals surface area contributed by atoms with Gasteiger partial charge in [0.2, 0.25) is 0 Å². The van der Waals surface area contributed by atoms with Crippen LogP contribution in [0, 0.1) is 0 Å². The Bertz CT molecular complexity index is 835. The number of ketones is 1. The number of benzene rings is 3. The largest absolute Gasteiger partial charge is 0.457 e. The topological polar surface area (TPSA) is 43.4 Å². The standard InChI is InChI=1S/C22H17ClO3/c23-19-13-11-16(12-14-19)20(24)15-26-22(25)21(17-7-3-1-4-8-17)18-9-5-2-6-10-18/h1-14,21H,15H2. The van der Waals surface area contributed by atoms with Gasteiger partial charge in [0.15, 0.2) is 12.4 Å². The van der Waals surface area contributed by atoms with Crippen LogP contribution >= 0.6 is 11.6 Å². The van der Waals surface area contributed by atoms with Crippen molar-refractivity contribution in [2.45, 2.75) is 5.92 Å². The first-order chi connectivity index (χ1) is 12.6. The van der Waals surface area contributed by atoms with Crippen molar-refractivity contribution >= 4 is 23.4 Å². The SMILES string of the molecule is O=C(COC(=O)C(c1ccccc1)c1ccccc1)c1ccc(Cl)cc1. The monoisotopic (exact) mass is 364 g/mol. The highest BCUT2D eigenvalue weighted by atomic mass is 35.5. The van der Waals surface area contributed by atoms with E-state index in [1.54, 1.807) is 24.3 Å². The molecule has 0 aliphatic carbocycles. The van der Waals surface area contributed by atoms with E-state index < -0.39 is 11.9 Å². The number of carbonyl (C=O) groups is 2. The fourth-order valence-corrected chi connectivity index (χ4v) is 2.82. The van der Waals surface area contributed by atoms with Crippen LogP contribution < -0.4 is 0 Å². The van der Waals surface area contributed by atoms with Gasteiger partial charge in [-0.1, -0.05) is 72.3 Å². The number of esters is 1. The molecule has 0 saturated heterocycles. The number of ether oxygens (including phenoxy) is 1. The first kappa shape index (κ1) is 17.9. The summed E-state index contributed by atoms with van der Waals surface area (Å²) in [6.07, 6.45) is 0. The average molecular weight is 365 g/mol. The highest BCUT2D eigenvalue weighted by Crippen LogP contribution is 2.26. The number of hydrogen-bond donors (Lipinski definition) is 0. The molecule has 3 nitrogen and oxygen atoms in total. The molecule has 0 aromatic heterocycles. The molecule has 130 valence electrons. The summed E-state index contributed by atoms with van der Waals surface area (Å²) in [7, 11) is 0. The summed E-state index contributed by atoms with van der Waals surface area (Å²) in [5.74, 6) is -1.30. The lowest BCUT2D eigenvalue weighted by molar-refractivity contribution is -0.143. The van der Waals surface area contributed by atoms with Crippen molar-refractivity contribution in [3.05, 3.63) is 107 Å². The second-order valence-electron chi connectivity index (χ2n) is 5.79. The van der Waals surface area contributed by atoms with Gasteiger partial charge in [-0.05, 0) is 35.4 Å². The Balaban J connectivity index is 1.76. The number of Topliss-reactive ketones (excluding diaryl/α,β-unsaturated/α-hetero) is 1. The fourth-order valence-electron chi connectivity index (χ4n) is 2.69. The van der Waals surface area contributed by atoms with Crippen molar-refractivity contribution < 1.29 is 14.3 Å². The molecule has 4 heteroatoms. The van der Waals surface area contributed by atoms with E-state index >= 15 is 0 Å². The van der Waals surface area contributed by atoms with Crippen molar-refractivity contribution in [2.75, 3.05) is 6.61 Å². The maximum absolute atomic E-state index is 12.7. The van der Waals surface area contributed by atoms with Crippen LogP contribution in [0.25, 0.3) is 0 Å². The van der Waals surface area contributed by atoms with Crippen LogP contribution in [0.15, 0.2) is 84.9 Å².